The number of rotatable bonds is 6. The van der Waals surface area contributed by atoms with Crippen LogP contribution in [0.25, 0.3) is 22.1 Å². The van der Waals surface area contributed by atoms with Crippen LogP contribution in [0, 0.1) is 0 Å². The minimum atomic E-state index is -0.404. The third kappa shape index (κ3) is 4.33. The molecular weight excluding hydrogens is 382 g/mol. The maximum absolute atomic E-state index is 12.3. The van der Waals surface area contributed by atoms with Gasteiger partial charge >= 0.3 is 5.63 Å². The summed E-state index contributed by atoms with van der Waals surface area (Å²) in [4.78, 5) is 24.4. The monoisotopic (exact) mass is 401 g/mol. The van der Waals surface area contributed by atoms with Crippen LogP contribution >= 0.6 is 0 Å². The Morgan fingerprint density at radius 1 is 0.933 bits per heavy atom. The van der Waals surface area contributed by atoms with Gasteiger partial charge in [0.1, 0.15) is 17.1 Å². The van der Waals surface area contributed by atoms with E-state index in [0.717, 1.165) is 5.39 Å². The van der Waals surface area contributed by atoms with E-state index in [1.54, 1.807) is 67.8 Å². The van der Waals surface area contributed by atoms with Crippen molar-refractivity contribution in [3.05, 3.63) is 89.3 Å². The van der Waals surface area contributed by atoms with E-state index in [-0.39, 0.29) is 12.5 Å². The van der Waals surface area contributed by atoms with Gasteiger partial charge in [-0.25, -0.2) is 4.79 Å². The molecule has 6 nitrogen and oxygen atoms in total. The molecule has 0 aliphatic heterocycles. The van der Waals surface area contributed by atoms with Crippen molar-refractivity contribution in [2.24, 2.45) is 0 Å². The molecule has 1 aromatic heterocycles. The summed E-state index contributed by atoms with van der Waals surface area (Å²) in [7, 11) is 1.58. The molecule has 4 rings (SSSR count). The summed E-state index contributed by atoms with van der Waals surface area (Å²) < 4.78 is 15.9. The lowest BCUT2D eigenvalue weighted by molar-refractivity contribution is -0.118. The van der Waals surface area contributed by atoms with Crippen molar-refractivity contribution in [1.29, 1.82) is 0 Å². The molecule has 1 amide bonds. The van der Waals surface area contributed by atoms with Crippen molar-refractivity contribution < 1.29 is 18.7 Å². The van der Waals surface area contributed by atoms with Gasteiger partial charge in [-0.1, -0.05) is 30.3 Å². The summed E-state index contributed by atoms with van der Waals surface area (Å²) in [5, 5.41) is 3.61. The predicted molar refractivity (Wildman–Crippen MR) is 115 cm³/mol. The van der Waals surface area contributed by atoms with Crippen molar-refractivity contribution in [3.8, 4) is 22.6 Å². The molecule has 0 saturated carbocycles. The molecular formula is C24H19NO5. The molecule has 0 aliphatic rings. The van der Waals surface area contributed by atoms with Crippen LogP contribution in [0.4, 0.5) is 5.69 Å². The van der Waals surface area contributed by atoms with Crippen LogP contribution < -0.4 is 20.4 Å². The molecule has 1 N–H and O–H groups in total. The number of nitrogens with one attached hydrogen (secondary N) is 1. The molecule has 0 fully saturated rings. The minimum Gasteiger partial charge on any atom is -0.497 e. The molecule has 0 atom stereocenters. The quantitative estimate of drug-likeness (QED) is 0.482. The highest BCUT2D eigenvalue weighted by atomic mass is 16.5. The number of methoxy groups -OCH3 is 1. The summed E-state index contributed by atoms with van der Waals surface area (Å²) in [6.07, 6.45) is 0. The van der Waals surface area contributed by atoms with E-state index in [1.807, 2.05) is 18.2 Å². The van der Waals surface area contributed by atoms with Gasteiger partial charge in [0.2, 0.25) is 0 Å². The molecule has 150 valence electrons. The summed E-state index contributed by atoms with van der Waals surface area (Å²) >= 11 is 0. The molecule has 0 saturated heterocycles. The lowest BCUT2D eigenvalue weighted by atomic mass is 10.1. The summed E-state index contributed by atoms with van der Waals surface area (Å²) in [5.74, 6) is 1.00. The highest BCUT2D eigenvalue weighted by Crippen LogP contribution is 2.23. The second kappa shape index (κ2) is 8.53. The highest BCUT2D eigenvalue weighted by Gasteiger charge is 2.09. The van der Waals surface area contributed by atoms with E-state index in [4.69, 9.17) is 13.9 Å². The summed E-state index contributed by atoms with van der Waals surface area (Å²) in [6, 6.07) is 23.1. The fourth-order valence-electron chi connectivity index (χ4n) is 3.01. The van der Waals surface area contributed by atoms with Crippen LogP contribution in [0.2, 0.25) is 0 Å². The molecule has 1 heterocycles. The summed E-state index contributed by atoms with van der Waals surface area (Å²) in [5.41, 5.74) is 1.93. The number of para-hydroxylation sites is 1. The van der Waals surface area contributed by atoms with Crippen LogP contribution in [0.1, 0.15) is 0 Å². The van der Waals surface area contributed by atoms with Gasteiger partial charge in [-0.05, 0) is 54.1 Å². The maximum Gasteiger partial charge on any atom is 0.344 e. The van der Waals surface area contributed by atoms with Crippen molar-refractivity contribution >= 4 is 22.6 Å². The zero-order chi connectivity index (χ0) is 20.9. The van der Waals surface area contributed by atoms with Gasteiger partial charge in [0, 0.05) is 11.1 Å². The average molecular weight is 401 g/mol. The standard InChI is InChI=1S/C24H19NO5/c1-28-19-10-12-20(13-11-19)29-15-23(26)25-18-8-6-16(7-9-18)21-14-17-4-2-3-5-22(17)30-24(21)27/h2-14H,15H2,1H3,(H,25,26). The number of carbonyl (C=O) groups is 1. The second-order valence-electron chi connectivity index (χ2n) is 6.58. The largest absolute Gasteiger partial charge is 0.497 e. The number of ether oxygens (including phenoxy) is 2. The number of hydrogen-bond donors (Lipinski definition) is 1. The van der Waals surface area contributed by atoms with Crippen LogP contribution in [-0.2, 0) is 4.79 Å². The van der Waals surface area contributed by atoms with Gasteiger partial charge in [-0.3, -0.25) is 4.79 Å². The number of fused-ring (bicyclic) bond motifs is 1. The molecule has 0 unspecified atom stereocenters. The first-order valence-electron chi connectivity index (χ1n) is 9.32. The average Bonchev–Trinajstić information content (AvgIpc) is 2.78. The Morgan fingerprint density at radius 2 is 1.63 bits per heavy atom. The maximum atomic E-state index is 12.3. The second-order valence-corrected chi connectivity index (χ2v) is 6.58. The lowest BCUT2D eigenvalue weighted by Crippen LogP contribution is -2.20. The van der Waals surface area contributed by atoms with E-state index in [0.29, 0.717) is 33.9 Å². The van der Waals surface area contributed by atoms with E-state index < -0.39 is 5.63 Å². The minimum absolute atomic E-state index is 0.123. The first kappa shape index (κ1) is 19.3. The summed E-state index contributed by atoms with van der Waals surface area (Å²) in [6.45, 7) is -0.123. The first-order chi connectivity index (χ1) is 14.6. The highest BCUT2D eigenvalue weighted by molar-refractivity contribution is 5.92. The van der Waals surface area contributed by atoms with Crippen LogP contribution in [0.3, 0.4) is 0 Å². The number of carbonyl (C=O) groups excluding carboxylic acids is 1. The number of benzene rings is 3. The van der Waals surface area contributed by atoms with Gasteiger partial charge in [0.25, 0.3) is 5.91 Å². The number of anilines is 1. The third-order valence-electron chi connectivity index (χ3n) is 4.55. The Kier molecular flexibility index (Phi) is 5.48. The SMILES string of the molecule is COc1ccc(OCC(=O)Nc2ccc(-c3cc4ccccc4oc3=O)cc2)cc1. The molecule has 0 aliphatic carbocycles. The van der Waals surface area contributed by atoms with E-state index in [2.05, 4.69) is 5.32 Å². The smallest absolute Gasteiger partial charge is 0.344 e. The third-order valence-corrected chi connectivity index (χ3v) is 4.55. The fraction of sp³-hybridized carbons (Fsp3) is 0.0833. The predicted octanol–water partition coefficient (Wildman–Crippen LogP) is 4.49. The molecule has 0 spiro atoms. The topological polar surface area (TPSA) is 77.8 Å². The molecule has 0 bridgehead atoms. The zero-order valence-corrected chi connectivity index (χ0v) is 16.3. The van der Waals surface area contributed by atoms with Crippen molar-refractivity contribution in [2.45, 2.75) is 0 Å². The van der Waals surface area contributed by atoms with Crippen molar-refractivity contribution in [2.75, 3.05) is 19.0 Å². The van der Waals surface area contributed by atoms with Crippen molar-refractivity contribution in [3.63, 3.8) is 0 Å². The molecule has 6 heteroatoms. The molecule has 0 radical (unpaired) electrons. The Labute approximate surface area is 172 Å². The number of amides is 1. The van der Waals surface area contributed by atoms with E-state index in [1.165, 1.54) is 0 Å². The molecule has 3 aromatic carbocycles. The van der Waals surface area contributed by atoms with Gasteiger partial charge in [-0.15, -0.1) is 0 Å². The van der Waals surface area contributed by atoms with Crippen molar-refractivity contribution in [1.82, 2.24) is 0 Å². The molecule has 4 aromatic rings. The normalized spacial score (nSPS) is 10.6. The van der Waals surface area contributed by atoms with Crippen LogP contribution in [-0.4, -0.2) is 19.6 Å². The van der Waals surface area contributed by atoms with Crippen LogP contribution in [0.15, 0.2) is 88.1 Å². The Hall–Kier alpha value is -4.06. The van der Waals surface area contributed by atoms with Gasteiger partial charge in [-0.2, -0.15) is 0 Å². The van der Waals surface area contributed by atoms with Gasteiger partial charge < -0.3 is 19.2 Å². The van der Waals surface area contributed by atoms with Gasteiger partial charge in [0.15, 0.2) is 6.61 Å². The molecule has 30 heavy (non-hydrogen) atoms. The van der Waals surface area contributed by atoms with E-state index in [9.17, 15) is 9.59 Å². The first-order valence-corrected chi connectivity index (χ1v) is 9.32. The Morgan fingerprint density at radius 3 is 2.37 bits per heavy atom. The Bertz CT molecular complexity index is 1230. The van der Waals surface area contributed by atoms with E-state index >= 15 is 0 Å². The van der Waals surface area contributed by atoms with Gasteiger partial charge in [0.05, 0.1) is 12.7 Å². The lowest BCUT2D eigenvalue weighted by Gasteiger charge is -2.09. The number of hydrogen-bond acceptors (Lipinski definition) is 5. The fourth-order valence-corrected chi connectivity index (χ4v) is 3.01. The van der Waals surface area contributed by atoms with Crippen LogP contribution in [0.5, 0.6) is 11.5 Å². The zero-order valence-electron chi connectivity index (χ0n) is 16.3. The Balaban J connectivity index is 1.41.